The molecule has 4 rings (SSSR count). The van der Waals surface area contributed by atoms with Crippen LogP contribution in [0.4, 0.5) is 0 Å². The molecule has 2 heterocycles. The molecular weight excluding hydrogens is 304 g/mol. The van der Waals surface area contributed by atoms with Gasteiger partial charge in [0.1, 0.15) is 11.1 Å². The average Bonchev–Trinajstić information content (AvgIpc) is 3.13. The first kappa shape index (κ1) is 13.0. The van der Waals surface area contributed by atoms with Gasteiger partial charge in [0.05, 0.1) is 0 Å². The average molecular weight is 316 g/mol. The molecule has 0 saturated heterocycles. The summed E-state index contributed by atoms with van der Waals surface area (Å²) in [6.07, 6.45) is 3.39. The molecule has 0 unspecified atom stereocenters. The minimum Gasteiger partial charge on any atom is -0.423 e. The smallest absolute Gasteiger partial charge is 0.336 e. The van der Waals surface area contributed by atoms with Crippen molar-refractivity contribution in [2.45, 2.75) is 29.4 Å². The first-order valence-electron chi connectivity index (χ1n) is 6.77. The number of nitrogens with zero attached hydrogens (tertiary/aromatic N) is 2. The highest BCUT2D eigenvalue weighted by Gasteiger charge is 2.15. The number of aromatic nitrogens is 2. The Balaban J connectivity index is 1.78. The maximum Gasteiger partial charge on any atom is 0.336 e. The van der Waals surface area contributed by atoms with Gasteiger partial charge in [-0.2, -0.15) is 0 Å². The quantitative estimate of drug-likeness (QED) is 0.547. The number of fused-ring (bicyclic) bond motifs is 2. The molecule has 0 bridgehead atoms. The summed E-state index contributed by atoms with van der Waals surface area (Å²) in [7, 11) is 0. The lowest BCUT2D eigenvalue weighted by Crippen LogP contribution is -2.00. The Morgan fingerprint density at radius 1 is 1.24 bits per heavy atom. The molecule has 0 aliphatic heterocycles. The lowest BCUT2D eigenvalue weighted by atomic mass is 10.0. The highest BCUT2D eigenvalue weighted by atomic mass is 32.2. The molecular formula is C15H12N2O2S2. The van der Waals surface area contributed by atoms with Crippen LogP contribution >= 0.6 is 23.1 Å². The Morgan fingerprint density at radius 3 is 2.90 bits per heavy atom. The maximum atomic E-state index is 11.8. The van der Waals surface area contributed by atoms with Crippen molar-refractivity contribution in [2.24, 2.45) is 0 Å². The van der Waals surface area contributed by atoms with E-state index in [9.17, 15) is 4.79 Å². The normalized spacial score (nSPS) is 13.7. The predicted molar refractivity (Wildman–Crippen MR) is 84.0 cm³/mol. The summed E-state index contributed by atoms with van der Waals surface area (Å²) in [5, 5.41) is 8.90. The molecule has 106 valence electrons. The van der Waals surface area contributed by atoms with E-state index in [0.717, 1.165) is 28.1 Å². The highest BCUT2D eigenvalue weighted by Crippen LogP contribution is 2.31. The van der Waals surface area contributed by atoms with Gasteiger partial charge in [-0.15, -0.1) is 10.2 Å². The standard InChI is InChI=1S/C15H12N2O2S2/c18-14-6-11(7-20-15-17-16-8-21-15)12-4-9-2-1-3-10(9)5-13(12)19-14/h4-6,8H,1-3,7H2. The number of benzene rings is 1. The van der Waals surface area contributed by atoms with Crippen LogP contribution in [0.25, 0.3) is 11.0 Å². The fourth-order valence-electron chi connectivity index (χ4n) is 2.78. The minimum atomic E-state index is -0.284. The minimum absolute atomic E-state index is 0.284. The van der Waals surface area contributed by atoms with Crippen LogP contribution < -0.4 is 5.63 Å². The zero-order valence-electron chi connectivity index (χ0n) is 11.2. The van der Waals surface area contributed by atoms with Gasteiger partial charge in [-0.1, -0.05) is 23.1 Å². The Labute approximate surface area is 129 Å². The van der Waals surface area contributed by atoms with E-state index in [1.807, 2.05) is 6.07 Å². The SMILES string of the molecule is O=c1cc(CSc2nncs2)c2cc3c(cc2o1)CCC3. The number of rotatable bonds is 3. The molecule has 0 spiro atoms. The topological polar surface area (TPSA) is 56.0 Å². The third-order valence-electron chi connectivity index (χ3n) is 3.73. The molecule has 4 nitrogen and oxygen atoms in total. The van der Waals surface area contributed by atoms with E-state index in [-0.39, 0.29) is 5.63 Å². The van der Waals surface area contributed by atoms with Crippen LogP contribution in [0.5, 0.6) is 0 Å². The van der Waals surface area contributed by atoms with E-state index in [2.05, 4.69) is 16.3 Å². The van der Waals surface area contributed by atoms with Gasteiger partial charge in [0.15, 0.2) is 4.34 Å². The van der Waals surface area contributed by atoms with Crippen LogP contribution in [-0.2, 0) is 18.6 Å². The van der Waals surface area contributed by atoms with E-state index in [1.54, 1.807) is 23.3 Å². The third-order valence-corrected chi connectivity index (χ3v) is 5.64. The lowest BCUT2D eigenvalue weighted by molar-refractivity contribution is 0.559. The van der Waals surface area contributed by atoms with Gasteiger partial charge in [-0.3, -0.25) is 0 Å². The van der Waals surface area contributed by atoms with Crippen molar-refractivity contribution >= 4 is 34.1 Å². The molecule has 0 amide bonds. The van der Waals surface area contributed by atoms with Gasteiger partial charge in [0, 0.05) is 17.2 Å². The van der Waals surface area contributed by atoms with E-state index < -0.39 is 0 Å². The summed E-state index contributed by atoms with van der Waals surface area (Å²) in [5.41, 5.74) is 5.85. The number of aryl methyl sites for hydroxylation is 2. The second-order valence-electron chi connectivity index (χ2n) is 5.05. The van der Waals surface area contributed by atoms with Crippen molar-refractivity contribution in [3.8, 4) is 0 Å². The molecule has 2 aromatic heterocycles. The van der Waals surface area contributed by atoms with E-state index in [4.69, 9.17) is 4.42 Å². The molecule has 0 fully saturated rings. The maximum absolute atomic E-state index is 11.8. The van der Waals surface area contributed by atoms with Crippen LogP contribution in [0.1, 0.15) is 23.1 Å². The third kappa shape index (κ3) is 2.49. The van der Waals surface area contributed by atoms with Gasteiger partial charge in [-0.05, 0) is 48.1 Å². The van der Waals surface area contributed by atoms with E-state index in [0.29, 0.717) is 11.3 Å². The predicted octanol–water partition coefficient (Wildman–Crippen LogP) is 3.43. The Morgan fingerprint density at radius 2 is 2.10 bits per heavy atom. The zero-order valence-corrected chi connectivity index (χ0v) is 12.8. The monoisotopic (exact) mass is 316 g/mol. The molecule has 1 aliphatic rings. The molecule has 3 aromatic rings. The van der Waals surface area contributed by atoms with Crippen molar-refractivity contribution in [2.75, 3.05) is 0 Å². The Bertz CT molecular complexity index is 856. The lowest BCUT2D eigenvalue weighted by Gasteiger charge is -2.07. The second kappa shape index (κ2) is 5.27. The van der Waals surface area contributed by atoms with Gasteiger partial charge >= 0.3 is 5.63 Å². The van der Waals surface area contributed by atoms with Crippen LogP contribution in [0.15, 0.2) is 37.3 Å². The van der Waals surface area contributed by atoms with Crippen LogP contribution in [0.3, 0.4) is 0 Å². The fraction of sp³-hybridized carbons (Fsp3) is 0.267. The van der Waals surface area contributed by atoms with Crippen LogP contribution in [0.2, 0.25) is 0 Å². The first-order chi connectivity index (χ1) is 10.3. The zero-order chi connectivity index (χ0) is 14.2. The largest absolute Gasteiger partial charge is 0.423 e. The number of thioether (sulfide) groups is 1. The van der Waals surface area contributed by atoms with Crippen molar-refractivity contribution in [3.05, 3.63) is 50.8 Å². The summed E-state index contributed by atoms with van der Waals surface area (Å²) >= 11 is 3.11. The highest BCUT2D eigenvalue weighted by molar-refractivity contribution is 8.00. The molecule has 0 N–H and O–H groups in total. The Kier molecular flexibility index (Phi) is 3.27. The van der Waals surface area contributed by atoms with Crippen molar-refractivity contribution < 1.29 is 4.42 Å². The van der Waals surface area contributed by atoms with Gasteiger partial charge in [0.25, 0.3) is 0 Å². The van der Waals surface area contributed by atoms with Gasteiger partial charge in [0.2, 0.25) is 0 Å². The Hall–Kier alpha value is -1.66. The molecule has 0 radical (unpaired) electrons. The molecule has 1 aromatic carbocycles. The molecule has 6 heteroatoms. The first-order valence-corrected chi connectivity index (χ1v) is 8.63. The fourth-order valence-corrected chi connectivity index (χ4v) is 4.26. The van der Waals surface area contributed by atoms with Crippen molar-refractivity contribution in [3.63, 3.8) is 0 Å². The summed E-state index contributed by atoms with van der Waals surface area (Å²) in [5.74, 6) is 0.704. The second-order valence-corrected chi connectivity index (χ2v) is 7.11. The summed E-state index contributed by atoms with van der Waals surface area (Å²) < 4.78 is 6.29. The van der Waals surface area contributed by atoms with Crippen LogP contribution in [0, 0.1) is 0 Å². The van der Waals surface area contributed by atoms with Gasteiger partial charge in [-0.25, -0.2) is 4.79 Å². The molecule has 21 heavy (non-hydrogen) atoms. The van der Waals surface area contributed by atoms with E-state index in [1.165, 1.54) is 28.9 Å². The van der Waals surface area contributed by atoms with E-state index >= 15 is 0 Å². The molecule has 1 aliphatic carbocycles. The number of hydrogen-bond donors (Lipinski definition) is 0. The summed E-state index contributed by atoms with van der Waals surface area (Å²) in [6, 6.07) is 5.83. The van der Waals surface area contributed by atoms with Gasteiger partial charge < -0.3 is 4.42 Å². The van der Waals surface area contributed by atoms with Crippen molar-refractivity contribution in [1.29, 1.82) is 0 Å². The molecule has 0 atom stereocenters. The summed E-state index contributed by atoms with van der Waals surface area (Å²) in [6.45, 7) is 0. The summed E-state index contributed by atoms with van der Waals surface area (Å²) in [4.78, 5) is 11.8. The number of hydrogen-bond acceptors (Lipinski definition) is 6. The van der Waals surface area contributed by atoms with Crippen LogP contribution in [-0.4, -0.2) is 10.2 Å². The molecule has 0 saturated carbocycles. The van der Waals surface area contributed by atoms with Crippen molar-refractivity contribution in [1.82, 2.24) is 10.2 Å².